The molecule has 0 atom stereocenters. The maximum Gasteiger partial charge on any atom is 0.244 e. The second-order valence-corrected chi connectivity index (χ2v) is 2.99. The number of nitrogens with zero attached hydrogens (tertiary/aromatic N) is 1. The van der Waals surface area contributed by atoms with Gasteiger partial charge in [0.1, 0.15) is 0 Å². The van der Waals surface area contributed by atoms with Gasteiger partial charge in [0.2, 0.25) is 11.9 Å². The molecule has 0 bridgehead atoms. The summed E-state index contributed by atoms with van der Waals surface area (Å²) in [5.74, 6) is 0.139. The minimum atomic E-state index is 0.139. The first-order valence-corrected chi connectivity index (χ1v) is 4.05. The molecule has 0 aromatic carbocycles. The Hall–Kier alpha value is -1.38. The van der Waals surface area contributed by atoms with Gasteiger partial charge in [0.05, 0.1) is 5.56 Å². The Morgan fingerprint density at radius 1 is 1.42 bits per heavy atom. The number of aromatic nitrogens is 1. The van der Waals surface area contributed by atoms with Gasteiger partial charge in [0.15, 0.2) is 5.78 Å². The largest absolute Gasteiger partial charge is 0.294 e. The molecule has 3 heteroatoms. The van der Waals surface area contributed by atoms with Crippen molar-refractivity contribution in [2.45, 2.75) is 19.3 Å². The van der Waals surface area contributed by atoms with E-state index in [2.05, 4.69) is 0 Å². The number of hydrogen-bond donors (Lipinski definition) is 1. The number of fused-ring (bicyclic) bond motifs is 1. The third kappa shape index (κ3) is 0.978. The zero-order valence-corrected chi connectivity index (χ0v) is 6.66. The van der Waals surface area contributed by atoms with E-state index in [4.69, 9.17) is 0 Å². The van der Waals surface area contributed by atoms with Gasteiger partial charge in [-0.2, -0.15) is 0 Å². The Morgan fingerprint density at radius 3 is 3.00 bits per heavy atom. The van der Waals surface area contributed by atoms with Gasteiger partial charge in [-0.15, -0.1) is 0 Å². The van der Waals surface area contributed by atoms with Gasteiger partial charge in [-0.3, -0.25) is 10.0 Å². The Balaban J connectivity index is 2.59. The molecular weight excluding hydrogens is 154 g/mol. The number of pyridine rings is 1. The van der Waals surface area contributed by atoms with Crippen LogP contribution in [0.15, 0.2) is 18.3 Å². The molecule has 1 aromatic rings. The molecule has 0 amide bonds. The molecule has 0 saturated carbocycles. The van der Waals surface area contributed by atoms with E-state index in [9.17, 15) is 10.0 Å². The van der Waals surface area contributed by atoms with E-state index < -0.39 is 0 Å². The lowest BCUT2D eigenvalue weighted by Crippen LogP contribution is -2.38. The average molecular weight is 164 g/mol. The van der Waals surface area contributed by atoms with Crippen molar-refractivity contribution >= 4 is 5.78 Å². The Labute approximate surface area is 70.2 Å². The number of ketones is 1. The van der Waals surface area contributed by atoms with Gasteiger partial charge in [0.25, 0.3) is 0 Å². The number of carbonyl (C=O) groups is 1. The topological polar surface area (TPSA) is 41.2 Å². The van der Waals surface area contributed by atoms with Crippen molar-refractivity contribution in [1.29, 1.82) is 0 Å². The van der Waals surface area contributed by atoms with Crippen molar-refractivity contribution < 1.29 is 14.7 Å². The van der Waals surface area contributed by atoms with E-state index in [1.165, 1.54) is 0 Å². The highest BCUT2D eigenvalue weighted by Gasteiger charge is 2.25. The number of carbonyl (C=O) groups excluding carboxylic acids is 1. The second kappa shape index (κ2) is 2.59. The van der Waals surface area contributed by atoms with Gasteiger partial charge in [-0.25, -0.2) is 0 Å². The lowest BCUT2D eigenvalue weighted by atomic mass is 9.95. The van der Waals surface area contributed by atoms with Crippen molar-refractivity contribution in [2.75, 3.05) is 0 Å². The van der Waals surface area contributed by atoms with E-state index in [1.54, 1.807) is 18.3 Å². The molecule has 0 spiro atoms. The molecule has 2 rings (SSSR count). The molecule has 0 unspecified atom stereocenters. The van der Waals surface area contributed by atoms with Crippen molar-refractivity contribution in [3.63, 3.8) is 0 Å². The van der Waals surface area contributed by atoms with Crippen LogP contribution in [0.3, 0.4) is 0 Å². The molecule has 1 aromatic heterocycles. The molecule has 1 heterocycles. The van der Waals surface area contributed by atoms with Gasteiger partial charge in [0, 0.05) is 23.6 Å². The minimum absolute atomic E-state index is 0.139. The summed E-state index contributed by atoms with van der Waals surface area (Å²) in [5.41, 5.74) is 1.42. The predicted octanol–water partition coefficient (Wildman–Crippen LogP) is 0.730. The zero-order chi connectivity index (χ0) is 8.55. The molecule has 1 aliphatic rings. The SMILES string of the molecule is O=C1CCCc2c1ccc[n+]2O. The zero-order valence-electron chi connectivity index (χ0n) is 6.66. The quantitative estimate of drug-likeness (QED) is 0.453. The van der Waals surface area contributed by atoms with Crippen LogP contribution in [0.5, 0.6) is 0 Å². The van der Waals surface area contributed by atoms with Crippen LogP contribution >= 0.6 is 0 Å². The molecule has 0 saturated heterocycles. The fraction of sp³-hybridized carbons (Fsp3) is 0.333. The third-order valence-electron chi connectivity index (χ3n) is 2.20. The van der Waals surface area contributed by atoms with Gasteiger partial charge < -0.3 is 0 Å². The first-order chi connectivity index (χ1) is 5.79. The number of rotatable bonds is 0. The highest BCUT2D eigenvalue weighted by atomic mass is 16.5. The standard InChI is InChI=1S/C9H10NO2/c11-9-5-1-4-8-7(9)3-2-6-10(8)12/h2-3,6,12H,1,4-5H2/q+1. The van der Waals surface area contributed by atoms with Crippen LogP contribution in [0.4, 0.5) is 0 Å². The molecule has 0 fully saturated rings. The summed E-state index contributed by atoms with van der Waals surface area (Å²) in [6.45, 7) is 0. The molecule has 0 aliphatic heterocycles. The molecule has 1 aliphatic carbocycles. The fourth-order valence-corrected chi connectivity index (χ4v) is 1.58. The summed E-state index contributed by atoms with van der Waals surface area (Å²) in [6, 6.07) is 3.45. The predicted molar refractivity (Wildman–Crippen MR) is 41.1 cm³/mol. The maximum atomic E-state index is 11.3. The Bertz CT molecular complexity index is 333. The van der Waals surface area contributed by atoms with Crippen LogP contribution < -0.4 is 4.73 Å². The Kier molecular flexibility index (Phi) is 1.57. The van der Waals surface area contributed by atoms with Crippen LogP contribution in [-0.4, -0.2) is 11.0 Å². The van der Waals surface area contributed by atoms with Gasteiger partial charge >= 0.3 is 0 Å². The minimum Gasteiger partial charge on any atom is -0.294 e. The van der Waals surface area contributed by atoms with Crippen molar-refractivity contribution in [3.05, 3.63) is 29.6 Å². The van der Waals surface area contributed by atoms with Gasteiger partial charge in [-0.1, -0.05) is 0 Å². The van der Waals surface area contributed by atoms with E-state index in [-0.39, 0.29) is 5.78 Å². The number of hydrogen-bond acceptors (Lipinski definition) is 2. The van der Waals surface area contributed by atoms with Crippen LogP contribution in [0, 0.1) is 0 Å². The molecule has 1 N–H and O–H groups in total. The molecule has 0 radical (unpaired) electrons. The summed E-state index contributed by atoms with van der Waals surface area (Å²) < 4.78 is 1.05. The first-order valence-electron chi connectivity index (χ1n) is 4.05. The van der Waals surface area contributed by atoms with Crippen molar-refractivity contribution in [3.8, 4) is 0 Å². The van der Waals surface area contributed by atoms with Crippen LogP contribution in [-0.2, 0) is 6.42 Å². The Morgan fingerprint density at radius 2 is 2.25 bits per heavy atom. The van der Waals surface area contributed by atoms with Crippen molar-refractivity contribution in [1.82, 2.24) is 0 Å². The lowest BCUT2D eigenvalue weighted by Gasteiger charge is -2.08. The first kappa shape index (κ1) is 7.28. The molecular formula is C9H10NO2+. The van der Waals surface area contributed by atoms with Crippen LogP contribution in [0.1, 0.15) is 28.9 Å². The second-order valence-electron chi connectivity index (χ2n) is 2.99. The summed E-state index contributed by atoms with van der Waals surface area (Å²) in [7, 11) is 0. The highest BCUT2D eigenvalue weighted by Crippen LogP contribution is 2.16. The molecule has 62 valence electrons. The van der Waals surface area contributed by atoms with E-state index >= 15 is 0 Å². The molecule has 12 heavy (non-hydrogen) atoms. The maximum absolute atomic E-state index is 11.3. The smallest absolute Gasteiger partial charge is 0.244 e. The third-order valence-corrected chi connectivity index (χ3v) is 2.20. The fourth-order valence-electron chi connectivity index (χ4n) is 1.58. The highest BCUT2D eigenvalue weighted by molar-refractivity contribution is 5.97. The summed E-state index contributed by atoms with van der Waals surface area (Å²) in [5, 5.41) is 9.34. The van der Waals surface area contributed by atoms with Crippen LogP contribution in [0.2, 0.25) is 0 Å². The van der Waals surface area contributed by atoms with Crippen LogP contribution in [0.25, 0.3) is 0 Å². The molecule has 3 nitrogen and oxygen atoms in total. The van der Waals surface area contributed by atoms with E-state index in [0.717, 1.165) is 23.3 Å². The lowest BCUT2D eigenvalue weighted by molar-refractivity contribution is -0.909. The summed E-state index contributed by atoms with van der Waals surface area (Å²) in [4.78, 5) is 11.3. The van der Waals surface area contributed by atoms with E-state index in [0.29, 0.717) is 12.0 Å². The van der Waals surface area contributed by atoms with Crippen molar-refractivity contribution in [2.24, 2.45) is 0 Å². The summed E-state index contributed by atoms with van der Waals surface area (Å²) in [6.07, 6.45) is 3.79. The summed E-state index contributed by atoms with van der Waals surface area (Å²) >= 11 is 0. The van der Waals surface area contributed by atoms with Gasteiger partial charge in [-0.05, 0) is 12.5 Å². The average Bonchev–Trinajstić information content (AvgIpc) is 2.07. The normalized spacial score (nSPS) is 15.8. The van der Waals surface area contributed by atoms with E-state index in [1.807, 2.05) is 0 Å². The number of Topliss-reactive ketones (excluding diaryl/α,β-unsaturated/α-hetero) is 1. The monoisotopic (exact) mass is 164 g/mol.